The van der Waals surface area contributed by atoms with Gasteiger partial charge >= 0.3 is 0 Å². The maximum absolute atomic E-state index is 14.3. The fraction of sp³-hybridized carbons (Fsp3) is 0.674. The first-order chi connectivity index (χ1) is 26.9. The van der Waals surface area contributed by atoms with Gasteiger partial charge in [0.05, 0.1) is 48.7 Å². The van der Waals surface area contributed by atoms with Gasteiger partial charge in [-0.3, -0.25) is 19.2 Å². The third-order valence-electron chi connectivity index (χ3n) is 12.6. The van der Waals surface area contributed by atoms with Crippen LogP contribution < -0.4 is 16.0 Å². The second-order valence-corrected chi connectivity index (χ2v) is 16.6. The molecule has 5 rings (SSSR count). The Morgan fingerprint density at radius 3 is 2.27 bits per heavy atom. The molecule has 2 saturated heterocycles. The Hall–Kier alpha value is -3.94. The van der Waals surface area contributed by atoms with Crippen LogP contribution in [0, 0.1) is 23.7 Å². The highest BCUT2D eigenvalue weighted by Gasteiger charge is 2.46. The van der Waals surface area contributed by atoms with Crippen LogP contribution in [-0.4, -0.2) is 114 Å². The minimum absolute atomic E-state index is 0.000287. The number of nitrogens with one attached hydrogen (secondary N) is 3. The normalized spacial score (nSPS) is 24.2. The summed E-state index contributed by atoms with van der Waals surface area (Å²) in [6.07, 6.45) is 8.09. The average Bonchev–Trinajstić information content (AvgIpc) is 3.99. The largest absolute Gasteiger partial charge is 0.379 e. The lowest BCUT2D eigenvalue weighted by molar-refractivity contribution is -0.147. The number of hydrogen-bond donors (Lipinski definition) is 3. The molecule has 2 unspecified atom stereocenters. The minimum Gasteiger partial charge on any atom is -0.379 e. The number of amides is 4. The van der Waals surface area contributed by atoms with Crippen LogP contribution in [0.1, 0.15) is 97.0 Å². The summed E-state index contributed by atoms with van der Waals surface area (Å²) < 4.78 is 12.1. The zero-order valence-corrected chi connectivity index (χ0v) is 34.6. The molecule has 13 heteroatoms. The van der Waals surface area contributed by atoms with Gasteiger partial charge in [-0.1, -0.05) is 71.4 Å². The van der Waals surface area contributed by atoms with Crippen molar-refractivity contribution in [2.75, 3.05) is 27.8 Å². The Bertz CT molecular complexity index is 1600. The zero-order valence-electron chi connectivity index (χ0n) is 34.6. The number of hydrogen-bond acceptors (Lipinski definition) is 9. The Kier molecular flexibility index (Phi) is 15.4. The summed E-state index contributed by atoms with van der Waals surface area (Å²) in [7, 11) is 4.94. The Morgan fingerprint density at radius 1 is 0.964 bits per heavy atom. The van der Waals surface area contributed by atoms with Crippen LogP contribution >= 0.6 is 0 Å². The molecular weight excluding hydrogens is 711 g/mol. The van der Waals surface area contributed by atoms with E-state index >= 15 is 0 Å². The topological polar surface area (TPSA) is 155 Å². The number of piperidine rings is 1. The van der Waals surface area contributed by atoms with E-state index in [0.717, 1.165) is 37.7 Å². The molecule has 1 aromatic heterocycles. The zero-order chi connectivity index (χ0) is 40.5. The first-order valence-electron chi connectivity index (χ1n) is 20.7. The van der Waals surface area contributed by atoms with E-state index in [4.69, 9.17) is 9.47 Å². The molecule has 1 aliphatic carbocycles. The number of nitrogens with zero attached hydrogens (tertiary/aromatic N) is 4. The van der Waals surface area contributed by atoms with Crippen LogP contribution in [0.15, 0.2) is 48.8 Å². The van der Waals surface area contributed by atoms with E-state index in [-0.39, 0.29) is 54.0 Å². The van der Waals surface area contributed by atoms with Crippen LogP contribution in [0.3, 0.4) is 0 Å². The molecule has 3 N–H and O–H groups in total. The van der Waals surface area contributed by atoms with Gasteiger partial charge in [-0.05, 0) is 67.9 Å². The fourth-order valence-corrected chi connectivity index (χ4v) is 9.28. The number of aromatic nitrogens is 2. The number of ether oxygens (including phenoxy) is 2. The van der Waals surface area contributed by atoms with Crippen LogP contribution in [0.25, 0.3) is 0 Å². The first kappa shape index (κ1) is 43.2. The molecule has 3 heterocycles. The summed E-state index contributed by atoms with van der Waals surface area (Å²) in [6.45, 7) is 10.4. The Labute approximate surface area is 333 Å². The van der Waals surface area contributed by atoms with E-state index in [2.05, 4.69) is 39.8 Å². The molecule has 1 saturated carbocycles. The van der Waals surface area contributed by atoms with Gasteiger partial charge in [0.25, 0.3) is 0 Å². The van der Waals surface area contributed by atoms with Crippen molar-refractivity contribution in [2.24, 2.45) is 23.7 Å². The molecule has 13 nitrogen and oxygen atoms in total. The monoisotopic (exact) mass is 775 g/mol. The number of likely N-dealkylation sites (tertiary alicyclic amines) is 1. The van der Waals surface area contributed by atoms with Crippen LogP contribution in [0.4, 0.5) is 0 Å². The van der Waals surface area contributed by atoms with Gasteiger partial charge in [0, 0.05) is 46.2 Å². The quantitative estimate of drug-likeness (QED) is 0.192. The highest BCUT2D eigenvalue weighted by atomic mass is 16.5. The van der Waals surface area contributed by atoms with Gasteiger partial charge < -0.3 is 35.2 Å². The molecule has 2 bridgehead atoms. The highest BCUT2D eigenvalue weighted by molar-refractivity contribution is 5.90. The number of methoxy groups -OCH3 is 2. The van der Waals surface area contributed by atoms with Gasteiger partial charge in [0.15, 0.2) is 5.82 Å². The smallest absolute Gasteiger partial charge is 0.245 e. The van der Waals surface area contributed by atoms with Gasteiger partial charge in [-0.2, -0.15) is 0 Å². The molecule has 0 radical (unpaired) electrons. The first-order valence-corrected chi connectivity index (χ1v) is 20.7. The van der Waals surface area contributed by atoms with Gasteiger partial charge in [0.2, 0.25) is 23.6 Å². The SMILES string of the molecule is CC[C@H](C)[C@@H]([C@@H](CC(=O)N1CCCC1[C@H](OC)[C@@H](C)C(=O)N[C@H](Cc1ccccc1)c1ncccn1)OC)N(C)C(=O)C(NC(=O)[C@H]1N[C@@H]2CC[C@H]1C2)C(C)C. The Morgan fingerprint density at radius 2 is 1.68 bits per heavy atom. The second-order valence-electron chi connectivity index (χ2n) is 16.6. The molecule has 2 aliphatic heterocycles. The maximum Gasteiger partial charge on any atom is 0.245 e. The van der Waals surface area contributed by atoms with Crippen LogP contribution in [0.2, 0.25) is 0 Å². The number of benzene rings is 1. The van der Waals surface area contributed by atoms with Gasteiger partial charge in [-0.25, -0.2) is 9.97 Å². The summed E-state index contributed by atoms with van der Waals surface area (Å²) in [5.41, 5.74) is 1.04. The molecule has 3 fully saturated rings. The third kappa shape index (κ3) is 10.1. The van der Waals surface area contributed by atoms with Crippen molar-refractivity contribution in [3.63, 3.8) is 0 Å². The average molecular weight is 776 g/mol. The van der Waals surface area contributed by atoms with Crippen molar-refractivity contribution in [2.45, 2.75) is 134 Å². The van der Waals surface area contributed by atoms with Gasteiger partial charge in [0.1, 0.15) is 6.04 Å². The summed E-state index contributed by atoms with van der Waals surface area (Å²) in [5, 5.41) is 9.72. The standard InChI is InChI=1S/C43H65N7O6/c1-9-27(4)38(49(6)43(54)36(26(2)3)48-42(53)37-30-18-19-31(24-30)46-37)34(55-7)25-35(51)50-22-13-17-33(50)39(56-8)28(5)41(52)47-32(40-44-20-14-21-45-40)23-29-15-11-10-12-16-29/h10-12,14-16,20-21,26-28,30-34,36-39,46H,9,13,17-19,22-25H2,1-8H3,(H,47,52)(H,48,53)/t27-,28+,30-,31+,32+,33?,34+,36?,37-,38-,39+/m0/s1. The molecule has 3 aliphatic rings. The lowest BCUT2D eigenvalue weighted by atomic mass is 9.89. The van der Waals surface area contributed by atoms with Crippen LogP contribution in [0.5, 0.6) is 0 Å². The summed E-state index contributed by atoms with van der Waals surface area (Å²) in [5.74, 6) is -0.536. The van der Waals surface area contributed by atoms with Crippen molar-refractivity contribution in [3.05, 3.63) is 60.2 Å². The number of carbonyl (C=O) groups is 4. The molecule has 1 aromatic carbocycles. The lowest BCUT2D eigenvalue weighted by Gasteiger charge is -2.41. The highest BCUT2D eigenvalue weighted by Crippen LogP contribution is 2.35. The number of likely N-dealkylation sites (N-methyl/N-ethyl adjacent to an activating group) is 1. The lowest BCUT2D eigenvalue weighted by Crippen LogP contribution is -2.59. The predicted molar refractivity (Wildman–Crippen MR) is 214 cm³/mol. The van der Waals surface area contributed by atoms with Crippen molar-refractivity contribution in [3.8, 4) is 0 Å². The fourth-order valence-electron chi connectivity index (χ4n) is 9.28. The number of rotatable bonds is 19. The predicted octanol–water partition coefficient (Wildman–Crippen LogP) is 4.08. The van der Waals surface area contributed by atoms with Crippen LogP contribution in [-0.2, 0) is 35.1 Å². The third-order valence-corrected chi connectivity index (χ3v) is 12.6. The van der Waals surface area contributed by atoms with E-state index in [1.165, 1.54) is 0 Å². The van der Waals surface area contributed by atoms with E-state index in [0.29, 0.717) is 37.2 Å². The summed E-state index contributed by atoms with van der Waals surface area (Å²) >= 11 is 0. The molecule has 2 aromatic rings. The van der Waals surface area contributed by atoms with Crippen molar-refractivity contribution in [1.29, 1.82) is 0 Å². The summed E-state index contributed by atoms with van der Waals surface area (Å²) in [4.78, 5) is 68.4. The summed E-state index contributed by atoms with van der Waals surface area (Å²) in [6, 6.07) is 9.83. The van der Waals surface area contributed by atoms with E-state index in [1.807, 2.05) is 56.0 Å². The van der Waals surface area contributed by atoms with Crippen molar-refractivity contribution >= 4 is 23.6 Å². The molecule has 4 amide bonds. The Balaban J connectivity index is 1.27. The molecule has 11 atom stereocenters. The van der Waals surface area contributed by atoms with E-state index in [9.17, 15) is 19.2 Å². The van der Waals surface area contributed by atoms with Gasteiger partial charge in [-0.15, -0.1) is 0 Å². The molecule has 56 heavy (non-hydrogen) atoms. The number of fused-ring (bicyclic) bond motifs is 2. The molecular formula is C43H65N7O6. The maximum atomic E-state index is 14.3. The van der Waals surface area contributed by atoms with Crippen molar-refractivity contribution < 1.29 is 28.7 Å². The number of carbonyl (C=O) groups excluding carboxylic acids is 4. The van der Waals surface area contributed by atoms with E-state index < -0.39 is 36.3 Å². The molecule has 308 valence electrons. The van der Waals surface area contributed by atoms with Crippen molar-refractivity contribution in [1.82, 2.24) is 35.7 Å². The van der Waals surface area contributed by atoms with E-state index in [1.54, 1.807) is 44.6 Å². The second kappa shape index (κ2) is 20.0. The molecule has 0 spiro atoms. The minimum atomic E-state index is -0.716.